The van der Waals surface area contributed by atoms with Gasteiger partial charge in [-0.05, 0) is 30.3 Å². The van der Waals surface area contributed by atoms with Crippen LogP contribution < -0.4 is 19.9 Å². The smallest absolute Gasteiger partial charge is 0.404 e. The van der Waals surface area contributed by atoms with E-state index in [1.807, 2.05) is 0 Å². The van der Waals surface area contributed by atoms with Gasteiger partial charge < -0.3 is 19.9 Å². The van der Waals surface area contributed by atoms with Crippen molar-refractivity contribution in [3.63, 3.8) is 0 Å². The summed E-state index contributed by atoms with van der Waals surface area (Å²) < 4.78 is 42.5. The zero-order valence-electron chi connectivity index (χ0n) is 16.8. The Bertz CT molecular complexity index is 1220. The Hall–Kier alpha value is -4.15. The second-order valence-electron chi connectivity index (χ2n) is 6.89. The van der Waals surface area contributed by atoms with Crippen molar-refractivity contribution in [2.24, 2.45) is 0 Å². The molecule has 0 spiro atoms. The Morgan fingerprint density at radius 3 is 2.53 bits per heavy atom. The average Bonchev–Trinajstić information content (AvgIpc) is 2.84. The Morgan fingerprint density at radius 2 is 1.81 bits per heavy atom. The van der Waals surface area contributed by atoms with Crippen LogP contribution in [0.5, 0.6) is 5.75 Å². The molecule has 2 aromatic carbocycles. The Kier molecular flexibility index (Phi) is 5.17. The number of aldehydes is 1. The van der Waals surface area contributed by atoms with Gasteiger partial charge in [0.25, 0.3) is 5.91 Å². The summed E-state index contributed by atoms with van der Waals surface area (Å²) in [5.74, 6) is -0.514. The molecule has 1 amide bonds. The molecular formula is C21H16F3N5O3. The van der Waals surface area contributed by atoms with Gasteiger partial charge >= 0.3 is 6.36 Å². The van der Waals surface area contributed by atoms with Crippen LogP contribution in [0.3, 0.4) is 0 Å². The van der Waals surface area contributed by atoms with E-state index in [1.54, 1.807) is 43.3 Å². The molecule has 3 aromatic rings. The lowest BCUT2D eigenvalue weighted by Gasteiger charge is -2.21. The van der Waals surface area contributed by atoms with Crippen LogP contribution in [-0.4, -0.2) is 42.6 Å². The van der Waals surface area contributed by atoms with Crippen LogP contribution in [0.4, 0.5) is 42.0 Å². The third kappa shape index (κ3) is 3.92. The summed E-state index contributed by atoms with van der Waals surface area (Å²) in [5, 5.41) is 2.69. The first-order chi connectivity index (χ1) is 15.2. The maximum absolute atomic E-state index is 12.8. The lowest BCUT2D eigenvalue weighted by molar-refractivity contribution is -0.274. The molecule has 8 nitrogen and oxygen atoms in total. The zero-order chi connectivity index (χ0) is 23.0. The fourth-order valence-corrected chi connectivity index (χ4v) is 3.31. The molecule has 1 N–H and O–H groups in total. The lowest BCUT2D eigenvalue weighted by atomic mass is 10.1. The standard InChI is InChI=1S/C21H16F3N5O3/c1-28-15-6-4-3-5-13(15)19(31)29(2)16-10-25-20(27-18(16)28)26-14-8-7-12(11-30)9-17(14)32-21(22,23)24/h3-11H,1-2H3,(H,25,26,27). The minimum Gasteiger partial charge on any atom is -0.404 e. The minimum absolute atomic E-state index is 0.00845. The number of carbonyl (C=O) groups excluding carboxylic acids is 2. The number of fused-ring (bicyclic) bond motifs is 2. The van der Waals surface area contributed by atoms with Crippen molar-refractivity contribution in [3.8, 4) is 5.75 Å². The Balaban J connectivity index is 1.75. The highest BCUT2D eigenvalue weighted by Gasteiger charge is 2.33. The number of amides is 1. The van der Waals surface area contributed by atoms with Crippen molar-refractivity contribution < 1.29 is 27.5 Å². The highest BCUT2D eigenvalue weighted by atomic mass is 19.4. The number of nitrogens with zero attached hydrogens (tertiary/aromatic N) is 4. The SMILES string of the molecule is CN1C(=O)c2ccccc2N(C)c2nc(Nc3ccc(C=O)cc3OC(F)(F)F)ncc21. The lowest BCUT2D eigenvalue weighted by Crippen LogP contribution is -2.25. The van der Waals surface area contributed by atoms with Crippen LogP contribution in [0.15, 0.2) is 48.7 Å². The molecule has 0 unspecified atom stereocenters. The van der Waals surface area contributed by atoms with Gasteiger partial charge in [0.2, 0.25) is 5.95 Å². The van der Waals surface area contributed by atoms with Gasteiger partial charge in [-0.15, -0.1) is 13.2 Å². The summed E-state index contributed by atoms with van der Waals surface area (Å²) in [6.45, 7) is 0. The normalized spacial score (nSPS) is 13.2. The third-order valence-electron chi connectivity index (χ3n) is 4.84. The molecule has 1 aliphatic heterocycles. The Morgan fingerprint density at radius 1 is 1.06 bits per heavy atom. The van der Waals surface area contributed by atoms with E-state index < -0.39 is 12.1 Å². The molecule has 1 aromatic heterocycles. The molecule has 0 saturated carbocycles. The van der Waals surface area contributed by atoms with Gasteiger partial charge in [0.05, 0.1) is 23.1 Å². The first-order valence-corrected chi connectivity index (χ1v) is 9.28. The van der Waals surface area contributed by atoms with Crippen molar-refractivity contribution >= 4 is 41.0 Å². The molecule has 11 heteroatoms. The van der Waals surface area contributed by atoms with E-state index in [4.69, 9.17) is 0 Å². The van der Waals surface area contributed by atoms with E-state index in [1.165, 1.54) is 23.2 Å². The number of ether oxygens (including phenoxy) is 1. The summed E-state index contributed by atoms with van der Waals surface area (Å²) in [4.78, 5) is 35.5. The predicted molar refractivity (Wildman–Crippen MR) is 111 cm³/mol. The fraction of sp³-hybridized carbons (Fsp3) is 0.143. The van der Waals surface area contributed by atoms with Gasteiger partial charge in [-0.1, -0.05) is 12.1 Å². The molecule has 0 fully saturated rings. The number of rotatable bonds is 4. The number of hydrogen-bond acceptors (Lipinski definition) is 7. The monoisotopic (exact) mass is 443 g/mol. The highest BCUT2D eigenvalue weighted by molar-refractivity contribution is 6.13. The van der Waals surface area contributed by atoms with Gasteiger partial charge in [-0.3, -0.25) is 9.59 Å². The van der Waals surface area contributed by atoms with Crippen LogP contribution in [0.1, 0.15) is 20.7 Å². The van der Waals surface area contributed by atoms with Crippen molar-refractivity contribution in [2.45, 2.75) is 6.36 Å². The summed E-state index contributed by atoms with van der Waals surface area (Å²) >= 11 is 0. The molecule has 4 rings (SSSR count). The van der Waals surface area contributed by atoms with Gasteiger partial charge in [-0.25, -0.2) is 4.98 Å². The molecular weight excluding hydrogens is 427 g/mol. The van der Waals surface area contributed by atoms with E-state index in [0.29, 0.717) is 29.0 Å². The second-order valence-corrected chi connectivity index (χ2v) is 6.89. The van der Waals surface area contributed by atoms with E-state index >= 15 is 0 Å². The largest absolute Gasteiger partial charge is 0.573 e. The van der Waals surface area contributed by atoms with Crippen LogP contribution in [0.2, 0.25) is 0 Å². The number of nitrogens with one attached hydrogen (secondary N) is 1. The molecule has 0 bridgehead atoms. The van der Waals surface area contributed by atoms with Gasteiger partial charge in [-0.2, -0.15) is 4.98 Å². The van der Waals surface area contributed by atoms with E-state index in [9.17, 15) is 22.8 Å². The summed E-state index contributed by atoms with van der Waals surface area (Å²) in [6, 6.07) is 10.5. The highest BCUT2D eigenvalue weighted by Crippen LogP contribution is 2.39. The minimum atomic E-state index is -4.96. The van der Waals surface area contributed by atoms with Crippen LogP contribution >= 0.6 is 0 Å². The summed E-state index contributed by atoms with van der Waals surface area (Å²) in [6.07, 6.45) is -3.15. The van der Waals surface area contributed by atoms with Crippen LogP contribution in [-0.2, 0) is 0 Å². The van der Waals surface area contributed by atoms with Gasteiger partial charge in [0.15, 0.2) is 11.6 Å². The number of halogens is 3. The molecule has 32 heavy (non-hydrogen) atoms. The maximum Gasteiger partial charge on any atom is 0.573 e. The molecule has 2 heterocycles. The van der Waals surface area contributed by atoms with Crippen molar-refractivity contribution in [3.05, 3.63) is 59.8 Å². The van der Waals surface area contributed by atoms with E-state index in [0.717, 1.165) is 6.07 Å². The maximum atomic E-state index is 12.8. The second kappa shape index (κ2) is 7.84. The number of benzene rings is 2. The fourth-order valence-electron chi connectivity index (χ4n) is 3.31. The third-order valence-corrected chi connectivity index (χ3v) is 4.84. The molecule has 0 saturated heterocycles. The number of alkyl halides is 3. The number of hydrogen-bond donors (Lipinski definition) is 1. The topological polar surface area (TPSA) is 87.7 Å². The number of aromatic nitrogens is 2. The van der Waals surface area contributed by atoms with Crippen molar-refractivity contribution in [1.29, 1.82) is 0 Å². The van der Waals surface area contributed by atoms with Gasteiger partial charge in [0, 0.05) is 19.7 Å². The molecule has 0 radical (unpaired) electrons. The Labute approximate surface area is 180 Å². The number of carbonyl (C=O) groups is 2. The summed E-state index contributed by atoms with van der Waals surface area (Å²) in [5.41, 5.74) is 1.42. The molecule has 0 aliphatic carbocycles. The van der Waals surface area contributed by atoms with Crippen molar-refractivity contribution in [1.82, 2.24) is 9.97 Å². The number of para-hydroxylation sites is 1. The number of anilines is 5. The first kappa shape index (κ1) is 21.1. The van der Waals surface area contributed by atoms with E-state index in [2.05, 4.69) is 20.0 Å². The molecule has 0 atom stereocenters. The van der Waals surface area contributed by atoms with Crippen LogP contribution in [0, 0.1) is 0 Å². The predicted octanol–water partition coefficient (Wildman–Crippen LogP) is 4.29. The first-order valence-electron chi connectivity index (χ1n) is 9.28. The van der Waals surface area contributed by atoms with Gasteiger partial charge in [0.1, 0.15) is 12.0 Å². The molecule has 1 aliphatic rings. The summed E-state index contributed by atoms with van der Waals surface area (Å²) in [7, 11) is 3.30. The van der Waals surface area contributed by atoms with Crippen molar-refractivity contribution in [2.75, 3.05) is 29.2 Å². The molecule has 164 valence electrons. The van der Waals surface area contributed by atoms with Crippen LogP contribution in [0.25, 0.3) is 0 Å². The van der Waals surface area contributed by atoms with E-state index in [-0.39, 0.29) is 23.1 Å². The zero-order valence-corrected chi connectivity index (χ0v) is 16.8. The quantitative estimate of drug-likeness (QED) is 0.602. The average molecular weight is 443 g/mol.